The number of ether oxygens (including phenoxy) is 1. The summed E-state index contributed by atoms with van der Waals surface area (Å²) >= 11 is 0. The SMILES string of the molecule is CCCCCCCCCCCCCCOCC(CCCCCCCCCC)CCCCCCCCCCCC. The van der Waals surface area contributed by atoms with E-state index in [1.54, 1.807) is 0 Å². The van der Waals surface area contributed by atoms with E-state index in [4.69, 9.17) is 4.74 Å². The zero-order chi connectivity index (χ0) is 28.3. The summed E-state index contributed by atoms with van der Waals surface area (Å²) in [6.07, 6.45) is 45.8. The number of rotatable bonds is 35. The van der Waals surface area contributed by atoms with E-state index in [1.807, 2.05) is 0 Å². The summed E-state index contributed by atoms with van der Waals surface area (Å²) < 4.78 is 6.25. The molecule has 0 aliphatic heterocycles. The fourth-order valence-electron chi connectivity index (χ4n) is 6.09. The molecule has 1 heteroatoms. The van der Waals surface area contributed by atoms with E-state index in [0.717, 1.165) is 19.1 Å². The highest BCUT2D eigenvalue weighted by Crippen LogP contribution is 2.21. The van der Waals surface area contributed by atoms with Gasteiger partial charge in [-0.1, -0.05) is 207 Å². The third-order valence-electron chi connectivity index (χ3n) is 8.93. The Morgan fingerprint density at radius 3 is 0.872 bits per heavy atom. The Morgan fingerprint density at radius 2 is 0.564 bits per heavy atom. The summed E-state index contributed by atoms with van der Waals surface area (Å²) in [6.45, 7) is 8.97. The Bertz CT molecular complexity index is 406. The molecule has 0 aromatic carbocycles. The van der Waals surface area contributed by atoms with Crippen molar-refractivity contribution in [3.05, 3.63) is 0 Å². The Kier molecular flexibility index (Phi) is 35.9. The summed E-state index contributed by atoms with van der Waals surface area (Å²) in [6, 6.07) is 0. The first-order valence-electron chi connectivity index (χ1n) is 18.9. The topological polar surface area (TPSA) is 9.23 Å². The fourth-order valence-corrected chi connectivity index (χ4v) is 6.09. The second kappa shape index (κ2) is 36.0. The molecule has 0 spiro atoms. The number of hydrogen-bond donors (Lipinski definition) is 0. The van der Waals surface area contributed by atoms with Gasteiger partial charge in [-0.25, -0.2) is 0 Å². The summed E-state index contributed by atoms with van der Waals surface area (Å²) in [5, 5.41) is 0. The van der Waals surface area contributed by atoms with Gasteiger partial charge in [-0.05, 0) is 25.2 Å². The first-order chi connectivity index (χ1) is 19.3. The molecule has 0 saturated heterocycles. The highest BCUT2D eigenvalue weighted by atomic mass is 16.5. The standard InChI is InChI=1S/C38H78O/c1-4-7-10-13-16-19-21-22-24-27-30-33-36-39-37-38(34-31-28-25-18-15-12-9-6-3)35-32-29-26-23-20-17-14-11-8-5-2/h38H,4-37H2,1-3H3. The molecule has 0 saturated carbocycles. The van der Waals surface area contributed by atoms with Crippen molar-refractivity contribution in [2.45, 2.75) is 226 Å². The lowest BCUT2D eigenvalue weighted by Crippen LogP contribution is -2.11. The summed E-state index contributed by atoms with van der Waals surface area (Å²) in [7, 11) is 0. The van der Waals surface area contributed by atoms with Crippen LogP contribution in [0.25, 0.3) is 0 Å². The molecule has 0 radical (unpaired) electrons. The molecule has 39 heavy (non-hydrogen) atoms. The Morgan fingerprint density at radius 1 is 0.308 bits per heavy atom. The maximum Gasteiger partial charge on any atom is 0.0494 e. The molecule has 0 fully saturated rings. The van der Waals surface area contributed by atoms with Crippen molar-refractivity contribution in [3.8, 4) is 0 Å². The van der Waals surface area contributed by atoms with Crippen molar-refractivity contribution in [2.75, 3.05) is 13.2 Å². The molecule has 0 N–H and O–H groups in total. The lowest BCUT2D eigenvalue weighted by molar-refractivity contribution is 0.0878. The molecule has 0 aliphatic carbocycles. The zero-order valence-electron chi connectivity index (χ0n) is 28.0. The molecular weight excluding hydrogens is 472 g/mol. The van der Waals surface area contributed by atoms with Crippen LogP contribution < -0.4 is 0 Å². The van der Waals surface area contributed by atoms with Crippen molar-refractivity contribution in [1.29, 1.82) is 0 Å². The lowest BCUT2D eigenvalue weighted by atomic mass is 9.94. The van der Waals surface area contributed by atoms with Gasteiger partial charge in [0.1, 0.15) is 0 Å². The zero-order valence-corrected chi connectivity index (χ0v) is 28.0. The molecule has 0 amide bonds. The van der Waals surface area contributed by atoms with Gasteiger partial charge in [0.05, 0.1) is 0 Å². The van der Waals surface area contributed by atoms with Crippen molar-refractivity contribution in [1.82, 2.24) is 0 Å². The normalized spacial score (nSPS) is 12.4. The quantitative estimate of drug-likeness (QED) is 0.0713. The van der Waals surface area contributed by atoms with Crippen LogP contribution >= 0.6 is 0 Å². The molecule has 0 bridgehead atoms. The van der Waals surface area contributed by atoms with Gasteiger partial charge in [-0.3, -0.25) is 0 Å². The summed E-state index contributed by atoms with van der Waals surface area (Å²) in [4.78, 5) is 0. The van der Waals surface area contributed by atoms with Crippen LogP contribution in [0.2, 0.25) is 0 Å². The van der Waals surface area contributed by atoms with Gasteiger partial charge in [0.15, 0.2) is 0 Å². The third-order valence-corrected chi connectivity index (χ3v) is 8.93. The van der Waals surface area contributed by atoms with Crippen molar-refractivity contribution < 1.29 is 4.74 Å². The van der Waals surface area contributed by atoms with Crippen LogP contribution in [0.4, 0.5) is 0 Å². The predicted molar refractivity (Wildman–Crippen MR) is 179 cm³/mol. The molecular formula is C38H78O. The van der Waals surface area contributed by atoms with Gasteiger partial charge in [0, 0.05) is 13.2 Å². The molecule has 0 aromatic rings. The van der Waals surface area contributed by atoms with Gasteiger partial charge in [-0.2, -0.15) is 0 Å². The van der Waals surface area contributed by atoms with E-state index in [0.29, 0.717) is 0 Å². The molecule has 1 atom stereocenters. The van der Waals surface area contributed by atoms with Gasteiger partial charge in [0.2, 0.25) is 0 Å². The van der Waals surface area contributed by atoms with Gasteiger partial charge in [0.25, 0.3) is 0 Å². The Balaban J connectivity index is 3.82. The monoisotopic (exact) mass is 551 g/mol. The average molecular weight is 551 g/mol. The average Bonchev–Trinajstić information content (AvgIpc) is 2.95. The second-order valence-corrected chi connectivity index (χ2v) is 13.1. The van der Waals surface area contributed by atoms with E-state index in [1.165, 1.54) is 205 Å². The van der Waals surface area contributed by atoms with Gasteiger partial charge in [-0.15, -0.1) is 0 Å². The maximum absolute atomic E-state index is 6.25. The molecule has 1 unspecified atom stereocenters. The Hall–Kier alpha value is -0.0400. The van der Waals surface area contributed by atoms with Gasteiger partial charge < -0.3 is 4.74 Å². The molecule has 1 nitrogen and oxygen atoms in total. The summed E-state index contributed by atoms with van der Waals surface area (Å²) in [5.74, 6) is 0.816. The van der Waals surface area contributed by atoms with Crippen LogP contribution in [0.3, 0.4) is 0 Å². The van der Waals surface area contributed by atoms with E-state index in [2.05, 4.69) is 20.8 Å². The van der Waals surface area contributed by atoms with Crippen LogP contribution in [0.15, 0.2) is 0 Å². The molecule has 236 valence electrons. The minimum absolute atomic E-state index is 0.816. The van der Waals surface area contributed by atoms with Crippen molar-refractivity contribution >= 4 is 0 Å². The van der Waals surface area contributed by atoms with Crippen LogP contribution in [0.1, 0.15) is 226 Å². The summed E-state index contributed by atoms with van der Waals surface area (Å²) in [5.41, 5.74) is 0. The maximum atomic E-state index is 6.25. The van der Waals surface area contributed by atoms with Crippen LogP contribution in [0, 0.1) is 5.92 Å². The van der Waals surface area contributed by atoms with Crippen molar-refractivity contribution in [2.24, 2.45) is 5.92 Å². The van der Waals surface area contributed by atoms with Crippen LogP contribution in [-0.4, -0.2) is 13.2 Å². The fraction of sp³-hybridized carbons (Fsp3) is 1.00. The first kappa shape index (κ1) is 39.0. The molecule has 0 aromatic heterocycles. The van der Waals surface area contributed by atoms with Crippen LogP contribution in [0.5, 0.6) is 0 Å². The Labute approximate surface area is 249 Å². The van der Waals surface area contributed by atoms with E-state index < -0.39 is 0 Å². The lowest BCUT2D eigenvalue weighted by Gasteiger charge is -2.17. The molecule has 0 aliphatic rings. The number of hydrogen-bond acceptors (Lipinski definition) is 1. The minimum atomic E-state index is 0.816. The molecule has 0 heterocycles. The van der Waals surface area contributed by atoms with E-state index in [9.17, 15) is 0 Å². The van der Waals surface area contributed by atoms with Crippen LogP contribution in [-0.2, 0) is 4.74 Å². The molecule has 0 rings (SSSR count). The van der Waals surface area contributed by atoms with E-state index >= 15 is 0 Å². The second-order valence-electron chi connectivity index (χ2n) is 13.1. The minimum Gasteiger partial charge on any atom is -0.381 e. The largest absolute Gasteiger partial charge is 0.381 e. The highest BCUT2D eigenvalue weighted by molar-refractivity contribution is 4.61. The number of unbranched alkanes of at least 4 members (excludes halogenated alkanes) is 27. The van der Waals surface area contributed by atoms with Crippen molar-refractivity contribution in [3.63, 3.8) is 0 Å². The first-order valence-corrected chi connectivity index (χ1v) is 18.9. The van der Waals surface area contributed by atoms with E-state index in [-0.39, 0.29) is 0 Å². The smallest absolute Gasteiger partial charge is 0.0494 e. The third kappa shape index (κ3) is 34.1. The highest BCUT2D eigenvalue weighted by Gasteiger charge is 2.09. The predicted octanol–water partition coefficient (Wildman–Crippen LogP) is 14.2. The van der Waals surface area contributed by atoms with Gasteiger partial charge >= 0.3 is 0 Å².